The van der Waals surface area contributed by atoms with E-state index < -0.39 is 17.7 Å². The van der Waals surface area contributed by atoms with Gasteiger partial charge in [-0.05, 0) is 82.4 Å². The van der Waals surface area contributed by atoms with Gasteiger partial charge in [0, 0.05) is 12.1 Å². The monoisotopic (exact) mass is 432 g/mol. The fraction of sp³-hybridized carbons (Fsp3) is 0.407. The van der Waals surface area contributed by atoms with Crippen LogP contribution in [0, 0.1) is 6.92 Å². The van der Waals surface area contributed by atoms with Crippen molar-refractivity contribution in [3.8, 4) is 0 Å². The lowest BCUT2D eigenvalue weighted by Gasteiger charge is -2.26. The van der Waals surface area contributed by atoms with Crippen LogP contribution < -0.4 is 0 Å². The summed E-state index contributed by atoms with van der Waals surface area (Å²) in [5, 5.41) is 11.3. The van der Waals surface area contributed by atoms with Gasteiger partial charge in [-0.3, -0.25) is 9.59 Å². The maximum Gasteiger partial charge on any atom is 0.295 e. The van der Waals surface area contributed by atoms with Crippen LogP contribution in [0.25, 0.3) is 5.76 Å². The molecule has 1 aliphatic carbocycles. The molecule has 2 aromatic rings. The number of fused-ring (bicyclic) bond motifs is 1. The molecule has 32 heavy (non-hydrogen) atoms. The number of amides is 1. The Morgan fingerprint density at radius 3 is 2.53 bits per heavy atom. The molecule has 0 radical (unpaired) electrons. The number of ketones is 1. The van der Waals surface area contributed by atoms with E-state index in [1.807, 2.05) is 57.4 Å². The quantitative estimate of drug-likeness (QED) is 0.421. The van der Waals surface area contributed by atoms with E-state index in [4.69, 9.17) is 0 Å². The van der Waals surface area contributed by atoms with Crippen molar-refractivity contribution in [3.05, 3.63) is 75.9 Å². The van der Waals surface area contributed by atoms with Crippen LogP contribution in [0.4, 0.5) is 0 Å². The van der Waals surface area contributed by atoms with Gasteiger partial charge in [0.15, 0.2) is 0 Å². The van der Waals surface area contributed by atoms with E-state index >= 15 is 0 Å². The zero-order valence-electron chi connectivity index (χ0n) is 19.2. The summed E-state index contributed by atoms with van der Waals surface area (Å²) < 4.78 is 0. The van der Waals surface area contributed by atoms with E-state index in [9.17, 15) is 14.7 Å². The summed E-state index contributed by atoms with van der Waals surface area (Å²) >= 11 is 0. The summed E-state index contributed by atoms with van der Waals surface area (Å²) in [7, 11) is 3.98. The number of rotatable bonds is 6. The first-order chi connectivity index (χ1) is 15.4. The van der Waals surface area contributed by atoms with Crippen LogP contribution in [0.1, 0.15) is 53.1 Å². The van der Waals surface area contributed by atoms with Crippen LogP contribution in [0.3, 0.4) is 0 Å². The third-order valence-corrected chi connectivity index (χ3v) is 6.52. The van der Waals surface area contributed by atoms with Crippen LogP contribution in [0.2, 0.25) is 0 Å². The van der Waals surface area contributed by atoms with Crippen molar-refractivity contribution in [1.29, 1.82) is 0 Å². The van der Waals surface area contributed by atoms with E-state index in [1.54, 1.807) is 4.90 Å². The van der Waals surface area contributed by atoms with Crippen molar-refractivity contribution in [2.24, 2.45) is 0 Å². The zero-order chi connectivity index (χ0) is 22.8. The molecule has 0 bridgehead atoms. The molecule has 0 aromatic heterocycles. The summed E-state index contributed by atoms with van der Waals surface area (Å²) in [6.07, 6.45) is 5.11. The Morgan fingerprint density at radius 1 is 1.06 bits per heavy atom. The van der Waals surface area contributed by atoms with E-state index in [0.29, 0.717) is 12.1 Å². The number of carbonyl (C=O) groups excluding carboxylic acids is 2. The highest BCUT2D eigenvalue weighted by molar-refractivity contribution is 6.46. The minimum atomic E-state index is -0.600. The van der Waals surface area contributed by atoms with Gasteiger partial charge in [-0.1, -0.05) is 42.0 Å². The summed E-state index contributed by atoms with van der Waals surface area (Å²) in [6, 6.07) is 13.2. The lowest BCUT2D eigenvalue weighted by Crippen LogP contribution is -2.32. The molecular weight excluding hydrogens is 400 g/mol. The fourth-order valence-corrected chi connectivity index (χ4v) is 4.89. The summed E-state index contributed by atoms with van der Waals surface area (Å²) in [5.74, 6) is -1.20. The van der Waals surface area contributed by atoms with E-state index in [0.717, 1.165) is 43.4 Å². The van der Waals surface area contributed by atoms with Gasteiger partial charge < -0.3 is 14.9 Å². The summed E-state index contributed by atoms with van der Waals surface area (Å²) in [5.41, 5.74) is 5.26. The van der Waals surface area contributed by atoms with Gasteiger partial charge in [0.25, 0.3) is 11.7 Å². The number of likely N-dealkylation sites (tertiary alicyclic amines) is 1. The van der Waals surface area contributed by atoms with Gasteiger partial charge in [0.05, 0.1) is 11.6 Å². The number of aliphatic hydroxyl groups is 1. The molecule has 168 valence electrons. The molecule has 0 spiro atoms. The first-order valence-electron chi connectivity index (χ1n) is 11.5. The second kappa shape index (κ2) is 9.29. The minimum absolute atomic E-state index is 0.0710. The molecule has 1 unspecified atom stereocenters. The molecule has 1 heterocycles. The standard InChI is InChI=1S/C27H32N2O3/c1-18-8-6-11-21(16-18)24-23(26(31)27(32)29(24)15-7-14-28(2)3)25(30)22-13-12-19-9-4-5-10-20(19)17-22/h6,8,11-13,16-17,24,30H,4-5,7,9-10,14-15H2,1-3H3/b25-23-. The molecule has 1 atom stereocenters. The molecule has 0 saturated carbocycles. The number of hydrogen-bond acceptors (Lipinski definition) is 4. The third kappa shape index (κ3) is 4.35. The van der Waals surface area contributed by atoms with E-state index in [1.165, 1.54) is 17.5 Å². The predicted octanol–water partition coefficient (Wildman–Crippen LogP) is 4.25. The maximum atomic E-state index is 13.2. The van der Waals surface area contributed by atoms with Crippen molar-refractivity contribution < 1.29 is 14.7 Å². The number of benzene rings is 2. The van der Waals surface area contributed by atoms with Crippen LogP contribution in [-0.2, 0) is 22.4 Å². The molecule has 2 aliphatic rings. The van der Waals surface area contributed by atoms with Gasteiger partial charge in [-0.25, -0.2) is 0 Å². The molecule has 1 fully saturated rings. The molecule has 5 heteroatoms. The third-order valence-electron chi connectivity index (χ3n) is 6.52. The van der Waals surface area contributed by atoms with Crippen molar-refractivity contribution in [2.45, 2.75) is 45.1 Å². The zero-order valence-corrected chi connectivity index (χ0v) is 19.2. The second-order valence-electron chi connectivity index (χ2n) is 9.25. The number of nitrogens with zero attached hydrogens (tertiary/aromatic N) is 2. The topological polar surface area (TPSA) is 60.9 Å². The Balaban J connectivity index is 1.79. The fourth-order valence-electron chi connectivity index (χ4n) is 4.89. The van der Waals surface area contributed by atoms with Crippen molar-refractivity contribution in [3.63, 3.8) is 0 Å². The van der Waals surface area contributed by atoms with Crippen LogP contribution in [-0.4, -0.2) is 53.8 Å². The lowest BCUT2D eigenvalue weighted by molar-refractivity contribution is -0.139. The first-order valence-corrected chi connectivity index (χ1v) is 11.5. The highest BCUT2D eigenvalue weighted by atomic mass is 16.3. The smallest absolute Gasteiger partial charge is 0.295 e. The Bertz CT molecular complexity index is 1070. The Morgan fingerprint density at radius 2 is 1.81 bits per heavy atom. The predicted molar refractivity (Wildman–Crippen MR) is 126 cm³/mol. The van der Waals surface area contributed by atoms with Crippen molar-refractivity contribution >= 4 is 17.4 Å². The van der Waals surface area contributed by atoms with Gasteiger partial charge >= 0.3 is 0 Å². The number of Topliss-reactive ketones (excluding diaryl/α,β-unsaturated/α-hetero) is 1. The van der Waals surface area contributed by atoms with Gasteiger partial charge in [0.1, 0.15) is 5.76 Å². The second-order valence-corrected chi connectivity index (χ2v) is 9.25. The SMILES string of the molecule is Cc1cccc(C2/C(=C(/O)c3ccc4c(c3)CCCC4)C(=O)C(=O)N2CCCN(C)C)c1. The minimum Gasteiger partial charge on any atom is -0.507 e. The Kier molecular flexibility index (Phi) is 6.47. The molecule has 1 amide bonds. The van der Waals surface area contributed by atoms with Crippen molar-refractivity contribution in [1.82, 2.24) is 9.80 Å². The summed E-state index contributed by atoms with van der Waals surface area (Å²) in [6.45, 7) is 3.27. The van der Waals surface area contributed by atoms with E-state index in [2.05, 4.69) is 11.0 Å². The number of carbonyl (C=O) groups is 2. The average Bonchev–Trinajstić information content (AvgIpc) is 3.03. The maximum absolute atomic E-state index is 13.2. The number of aryl methyl sites for hydroxylation is 3. The molecule has 4 rings (SSSR count). The van der Waals surface area contributed by atoms with Crippen molar-refractivity contribution in [2.75, 3.05) is 27.2 Å². The van der Waals surface area contributed by atoms with Crippen LogP contribution in [0.15, 0.2) is 48.0 Å². The van der Waals surface area contributed by atoms with Crippen LogP contribution in [0.5, 0.6) is 0 Å². The molecule has 5 nitrogen and oxygen atoms in total. The molecule has 2 aromatic carbocycles. The Hall–Kier alpha value is -2.92. The largest absolute Gasteiger partial charge is 0.507 e. The summed E-state index contributed by atoms with van der Waals surface area (Å²) in [4.78, 5) is 29.9. The number of hydrogen-bond donors (Lipinski definition) is 1. The highest BCUT2D eigenvalue weighted by Gasteiger charge is 2.45. The van der Waals surface area contributed by atoms with Gasteiger partial charge in [-0.2, -0.15) is 0 Å². The molecular formula is C27H32N2O3. The molecule has 1 aliphatic heterocycles. The molecule has 1 N–H and O–H groups in total. The van der Waals surface area contributed by atoms with Gasteiger partial charge in [0.2, 0.25) is 0 Å². The van der Waals surface area contributed by atoms with E-state index in [-0.39, 0.29) is 11.3 Å². The first kappa shape index (κ1) is 22.3. The lowest BCUT2D eigenvalue weighted by atomic mass is 9.88. The highest BCUT2D eigenvalue weighted by Crippen LogP contribution is 2.40. The number of aliphatic hydroxyl groups excluding tert-OH is 1. The Labute approximate surface area is 190 Å². The van der Waals surface area contributed by atoms with Crippen LogP contribution >= 0.6 is 0 Å². The molecule has 1 saturated heterocycles. The normalized spacial score (nSPS) is 20.1. The average molecular weight is 433 g/mol. The van der Waals surface area contributed by atoms with Gasteiger partial charge in [-0.15, -0.1) is 0 Å².